The van der Waals surface area contributed by atoms with Gasteiger partial charge in [0.05, 0.1) is 5.92 Å². The molecule has 3 aliphatic heterocycles. The van der Waals surface area contributed by atoms with E-state index >= 15 is 0 Å². The van der Waals surface area contributed by atoms with E-state index in [0.29, 0.717) is 6.04 Å². The summed E-state index contributed by atoms with van der Waals surface area (Å²) in [5.41, 5.74) is 2.32. The number of nitrogens with zero attached hydrogens (tertiary/aromatic N) is 3. The summed E-state index contributed by atoms with van der Waals surface area (Å²) in [5, 5.41) is 0. The van der Waals surface area contributed by atoms with E-state index < -0.39 is 0 Å². The molecule has 29 heavy (non-hydrogen) atoms. The van der Waals surface area contributed by atoms with Crippen molar-refractivity contribution in [3.8, 4) is 0 Å². The number of anilines is 1. The fraction of sp³-hybridized carbons (Fsp3) is 0.667. The van der Waals surface area contributed by atoms with Crippen molar-refractivity contribution < 1.29 is 9.59 Å². The van der Waals surface area contributed by atoms with Gasteiger partial charge in [-0.05, 0) is 56.7 Å². The van der Waals surface area contributed by atoms with Crippen LogP contribution in [0.15, 0.2) is 24.3 Å². The zero-order valence-corrected chi connectivity index (χ0v) is 17.4. The van der Waals surface area contributed by atoms with E-state index in [1.165, 1.54) is 24.9 Å². The molecule has 0 bridgehead atoms. The van der Waals surface area contributed by atoms with Crippen LogP contribution in [0.3, 0.4) is 0 Å². The molecule has 1 aromatic rings. The zero-order valence-electron chi connectivity index (χ0n) is 17.4. The van der Waals surface area contributed by atoms with Gasteiger partial charge in [0, 0.05) is 43.8 Å². The smallest absolute Gasteiger partial charge is 0.230 e. The molecule has 1 aromatic carbocycles. The summed E-state index contributed by atoms with van der Waals surface area (Å²) < 4.78 is 0. The summed E-state index contributed by atoms with van der Waals surface area (Å²) in [6, 6.07) is 8.77. The third-order valence-electron chi connectivity index (χ3n) is 7.67. The van der Waals surface area contributed by atoms with Crippen molar-refractivity contribution >= 4 is 17.5 Å². The van der Waals surface area contributed by atoms with Gasteiger partial charge in [0.1, 0.15) is 0 Å². The molecule has 3 fully saturated rings. The van der Waals surface area contributed by atoms with E-state index in [1.54, 1.807) is 0 Å². The first-order valence-corrected chi connectivity index (χ1v) is 11.6. The molecule has 1 saturated carbocycles. The molecule has 4 aliphatic rings. The molecule has 0 aromatic heterocycles. The molecular weight excluding hydrogens is 362 g/mol. The average Bonchev–Trinajstić information content (AvgIpc) is 3.34. The molecule has 1 aliphatic carbocycles. The van der Waals surface area contributed by atoms with Crippen molar-refractivity contribution in [1.29, 1.82) is 0 Å². The Bertz CT molecular complexity index is 779. The maximum Gasteiger partial charge on any atom is 0.230 e. The molecule has 0 N–H and O–H groups in total. The van der Waals surface area contributed by atoms with Crippen LogP contribution in [0.5, 0.6) is 0 Å². The van der Waals surface area contributed by atoms with Gasteiger partial charge in [0.25, 0.3) is 0 Å². The molecule has 5 rings (SSSR count). The van der Waals surface area contributed by atoms with Crippen LogP contribution in [0.25, 0.3) is 0 Å². The Labute approximate surface area is 174 Å². The normalized spacial score (nSPS) is 30.0. The Morgan fingerprint density at radius 3 is 2.41 bits per heavy atom. The topological polar surface area (TPSA) is 43.9 Å². The first-order chi connectivity index (χ1) is 14.2. The molecule has 2 amide bonds. The van der Waals surface area contributed by atoms with E-state index in [-0.39, 0.29) is 23.7 Å². The largest absolute Gasteiger partial charge is 0.341 e. The van der Waals surface area contributed by atoms with Crippen LogP contribution in [-0.4, -0.2) is 60.4 Å². The second-order valence-electron chi connectivity index (χ2n) is 9.34. The Hall–Kier alpha value is -1.88. The van der Waals surface area contributed by atoms with Crippen LogP contribution in [0.4, 0.5) is 5.69 Å². The summed E-state index contributed by atoms with van der Waals surface area (Å²) in [7, 11) is 0. The summed E-state index contributed by atoms with van der Waals surface area (Å²) in [6.45, 7) is 4.78. The van der Waals surface area contributed by atoms with Crippen LogP contribution < -0.4 is 4.90 Å². The summed E-state index contributed by atoms with van der Waals surface area (Å²) >= 11 is 0. The van der Waals surface area contributed by atoms with Gasteiger partial charge < -0.3 is 9.80 Å². The second-order valence-corrected chi connectivity index (χ2v) is 9.34. The third-order valence-corrected chi connectivity index (χ3v) is 7.67. The molecule has 5 nitrogen and oxygen atoms in total. The first kappa shape index (κ1) is 19.1. The zero-order chi connectivity index (χ0) is 19.8. The van der Waals surface area contributed by atoms with Crippen molar-refractivity contribution in [3.05, 3.63) is 29.8 Å². The summed E-state index contributed by atoms with van der Waals surface area (Å²) in [5.74, 6) is 0.164. The molecule has 156 valence electrons. The Morgan fingerprint density at radius 2 is 1.55 bits per heavy atom. The van der Waals surface area contributed by atoms with Gasteiger partial charge in [-0.15, -0.1) is 0 Å². The minimum absolute atomic E-state index is 0.128. The highest BCUT2D eigenvalue weighted by atomic mass is 16.2. The molecule has 2 saturated heterocycles. The molecule has 5 heteroatoms. The summed E-state index contributed by atoms with van der Waals surface area (Å²) in [4.78, 5) is 33.8. The molecule has 0 radical (unpaired) electrons. The highest BCUT2D eigenvalue weighted by Crippen LogP contribution is 2.37. The molecule has 3 heterocycles. The molecular formula is C24H33N3O2. The maximum atomic E-state index is 13.6. The van der Waals surface area contributed by atoms with Crippen LogP contribution >= 0.6 is 0 Å². The predicted octanol–water partition coefficient (Wildman–Crippen LogP) is 3.08. The highest BCUT2D eigenvalue weighted by Gasteiger charge is 2.42. The fourth-order valence-electron chi connectivity index (χ4n) is 6.13. The number of carbonyl (C=O) groups excluding carboxylic acids is 2. The Kier molecular flexibility index (Phi) is 5.33. The van der Waals surface area contributed by atoms with Gasteiger partial charge in [-0.2, -0.15) is 0 Å². The van der Waals surface area contributed by atoms with Gasteiger partial charge >= 0.3 is 0 Å². The lowest BCUT2D eigenvalue weighted by molar-refractivity contribution is -0.143. The van der Waals surface area contributed by atoms with E-state index in [0.717, 1.165) is 70.4 Å². The number of hydrogen-bond donors (Lipinski definition) is 0. The van der Waals surface area contributed by atoms with Crippen molar-refractivity contribution in [2.75, 3.05) is 37.6 Å². The van der Waals surface area contributed by atoms with Gasteiger partial charge in [-0.1, -0.05) is 31.0 Å². The number of para-hydroxylation sites is 1. The van der Waals surface area contributed by atoms with E-state index in [2.05, 4.69) is 21.9 Å². The first-order valence-electron chi connectivity index (χ1n) is 11.6. The maximum absolute atomic E-state index is 13.6. The predicted molar refractivity (Wildman–Crippen MR) is 114 cm³/mol. The van der Waals surface area contributed by atoms with Crippen molar-refractivity contribution in [1.82, 2.24) is 9.80 Å². The lowest BCUT2D eigenvalue weighted by Gasteiger charge is -2.36. The van der Waals surface area contributed by atoms with Gasteiger partial charge in [0.15, 0.2) is 0 Å². The van der Waals surface area contributed by atoms with E-state index in [4.69, 9.17) is 0 Å². The van der Waals surface area contributed by atoms with E-state index in [1.807, 2.05) is 17.0 Å². The van der Waals surface area contributed by atoms with Crippen LogP contribution in [0.1, 0.15) is 50.5 Å². The second kappa shape index (κ2) is 8.10. The molecule has 0 unspecified atom stereocenters. The number of amides is 2. The lowest BCUT2D eigenvalue weighted by atomic mass is 9.77. The van der Waals surface area contributed by atoms with Crippen LogP contribution in [0, 0.1) is 11.8 Å². The average molecular weight is 396 g/mol. The van der Waals surface area contributed by atoms with Crippen molar-refractivity contribution in [2.24, 2.45) is 11.8 Å². The molecule has 3 atom stereocenters. The quantitative estimate of drug-likeness (QED) is 0.773. The van der Waals surface area contributed by atoms with Crippen LogP contribution in [0.2, 0.25) is 0 Å². The van der Waals surface area contributed by atoms with Gasteiger partial charge in [-0.25, -0.2) is 0 Å². The Morgan fingerprint density at radius 1 is 0.793 bits per heavy atom. The lowest BCUT2D eigenvalue weighted by Crippen LogP contribution is -2.48. The standard InChI is InChI=1S/C24H33N3O2/c28-23(26-15-6-14-25-13-5-8-19(25)17-26)20-9-2-3-10-21(20)24(29)27-16-12-18-7-1-4-11-22(18)27/h1,4,7,11,19-21H,2-3,5-6,8-10,12-17H2/t19-,20-,21-/m1/s1. The number of benzene rings is 1. The number of carbonyl (C=O) groups is 2. The van der Waals surface area contributed by atoms with Gasteiger partial charge in [-0.3, -0.25) is 14.5 Å². The number of hydrogen-bond acceptors (Lipinski definition) is 3. The SMILES string of the molecule is O=C([C@@H]1CCCC[C@H]1C(=O)N1CCc2ccccc21)N1CCCN2CCC[C@@H]2C1. The minimum atomic E-state index is -0.148. The highest BCUT2D eigenvalue weighted by molar-refractivity contribution is 5.99. The fourth-order valence-corrected chi connectivity index (χ4v) is 6.13. The van der Waals surface area contributed by atoms with Gasteiger partial charge in [0.2, 0.25) is 11.8 Å². The third kappa shape index (κ3) is 3.58. The summed E-state index contributed by atoms with van der Waals surface area (Å²) in [6.07, 6.45) is 8.32. The number of fused-ring (bicyclic) bond motifs is 2. The van der Waals surface area contributed by atoms with Crippen molar-refractivity contribution in [2.45, 2.75) is 57.4 Å². The number of rotatable bonds is 2. The van der Waals surface area contributed by atoms with Crippen molar-refractivity contribution in [3.63, 3.8) is 0 Å². The molecule has 0 spiro atoms. The monoisotopic (exact) mass is 395 g/mol. The van der Waals surface area contributed by atoms with Crippen LogP contribution in [-0.2, 0) is 16.0 Å². The Balaban J connectivity index is 1.33. The minimum Gasteiger partial charge on any atom is -0.341 e. The van der Waals surface area contributed by atoms with E-state index in [9.17, 15) is 9.59 Å².